The third-order valence-electron chi connectivity index (χ3n) is 4.81. The molecule has 0 amide bonds. The Morgan fingerprint density at radius 2 is 1.59 bits per heavy atom. The summed E-state index contributed by atoms with van der Waals surface area (Å²) in [6.45, 7) is 13.1. The highest BCUT2D eigenvalue weighted by Gasteiger charge is 2.38. The first kappa shape index (κ1) is 15.0. The Morgan fingerprint density at radius 1 is 1.12 bits per heavy atom. The predicted molar refractivity (Wildman–Crippen MR) is 74.1 cm³/mol. The number of rotatable bonds is 5. The second kappa shape index (κ2) is 6.19. The van der Waals surface area contributed by atoms with Crippen molar-refractivity contribution in [2.75, 3.05) is 13.1 Å². The molecule has 0 heterocycles. The second-order valence-electron chi connectivity index (χ2n) is 6.29. The lowest BCUT2D eigenvalue weighted by Gasteiger charge is -2.45. The largest absolute Gasteiger partial charge is 0.391 e. The summed E-state index contributed by atoms with van der Waals surface area (Å²) in [7, 11) is 0. The minimum Gasteiger partial charge on any atom is -0.391 e. The second-order valence-corrected chi connectivity index (χ2v) is 6.29. The molecule has 0 aromatic heterocycles. The lowest BCUT2D eigenvalue weighted by molar-refractivity contribution is -0.0497. The summed E-state index contributed by atoms with van der Waals surface area (Å²) in [6, 6.07) is 0. The summed E-state index contributed by atoms with van der Waals surface area (Å²) in [5.74, 6) is 1.36. The number of hydrogen-bond donors (Lipinski definition) is 1. The van der Waals surface area contributed by atoms with Crippen molar-refractivity contribution in [1.29, 1.82) is 0 Å². The summed E-state index contributed by atoms with van der Waals surface area (Å²) in [5.41, 5.74) is -0.0885. The van der Waals surface area contributed by atoms with Crippen molar-refractivity contribution < 1.29 is 5.11 Å². The highest BCUT2D eigenvalue weighted by molar-refractivity contribution is 4.93. The van der Waals surface area contributed by atoms with Gasteiger partial charge < -0.3 is 5.11 Å². The highest BCUT2D eigenvalue weighted by atomic mass is 16.3. The molecule has 2 heteroatoms. The van der Waals surface area contributed by atoms with Crippen molar-refractivity contribution in [1.82, 2.24) is 4.90 Å². The third-order valence-corrected chi connectivity index (χ3v) is 4.81. The standard InChI is InChI=1S/C15H31NO/c1-6-16(7-2)15(4,5)14(17)13-10-8-12(3)9-11-13/h12-14,17H,6-11H2,1-5H3. The molecule has 1 rings (SSSR count). The van der Waals surface area contributed by atoms with Crippen LogP contribution in [0.4, 0.5) is 0 Å². The first-order valence-electron chi connectivity index (χ1n) is 7.36. The molecular formula is C15H31NO. The molecule has 0 aliphatic heterocycles. The van der Waals surface area contributed by atoms with Crippen LogP contribution in [0.25, 0.3) is 0 Å². The van der Waals surface area contributed by atoms with Gasteiger partial charge in [-0.15, -0.1) is 0 Å². The van der Waals surface area contributed by atoms with E-state index in [0.717, 1.165) is 19.0 Å². The molecule has 0 bridgehead atoms. The van der Waals surface area contributed by atoms with Gasteiger partial charge in [-0.1, -0.05) is 33.6 Å². The zero-order valence-electron chi connectivity index (χ0n) is 12.4. The molecular weight excluding hydrogens is 210 g/mol. The normalized spacial score (nSPS) is 28.4. The molecule has 0 saturated heterocycles. The molecule has 0 aromatic rings. The van der Waals surface area contributed by atoms with Gasteiger partial charge in [-0.05, 0) is 51.6 Å². The van der Waals surface area contributed by atoms with Crippen LogP contribution in [-0.4, -0.2) is 34.7 Å². The van der Waals surface area contributed by atoms with E-state index in [0.29, 0.717) is 5.92 Å². The van der Waals surface area contributed by atoms with Crippen LogP contribution < -0.4 is 0 Å². The minimum absolute atomic E-state index is 0.0885. The fourth-order valence-corrected chi connectivity index (χ4v) is 3.40. The van der Waals surface area contributed by atoms with Crippen LogP contribution in [0.5, 0.6) is 0 Å². The van der Waals surface area contributed by atoms with Crippen molar-refractivity contribution in [3.05, 3.63) is 0 Å². The summed E-state index contributed by atoms with van der Waals surface area (Å²) in [6.07, 6.45) is 4.79. The quantitative estimate of drug-likeness (QED) is 0.798. The van der Waals surface area contributed by atoms with E-state index >= 15 is 0 Å². The molecule has 1 N–H and O–H groups in total. The smallest absolute Gasteiger partial charge is 0.0746 e. The fraction of sp³-hybridized carbons (Fsp3) is 1.00. The average Bonchev–Trinajstić information content (AvgIpc) is 2.30. The summed E-state index contributed by atoms with van der Waals surface area (Å²) >= 11 is 0. The van der Waals surface area contributed by atoms with Crippen molar-refractivity contribution in [3.63, 3.8) is 0 Å². The number of aliphatic hydroxyl groups excluding tert-OH is 1. The molecule has 1 aliphatic rings. The Morgan fingerprint density at radius 3 is 2.00 bits per heavy atom. The molecule has 0 radical (unpaired) electrons. The first-order chi connectivity index (χ1) is 7.93. The lowest BCUT2D eigenvalue weighted by Crippen LogP contribution is -2.55. The van der Waals surface area contributed by atoms with Crippen molar-refractivity contribution in [2.45, 2.75) is 71.9 Å². The monoisotopic (exact) mass is 241 g/mol. The van der Waals surface area contributed by atoms with Gasteiger partial charge in [-0.2, -0.15) is 0 Å². The van der Waals surface area contributed by atoms with Gasteiger partial charge in [0.15, 0.2) is 0 Å². The molecule has 2 nitrogen and oxygen atoms in total. The van der Waals surface area contributed by atoms with E-state index in [1.807, 2.05) is 0 Å². The Labute approximate surface area is 107 Å². The molecule has 0 aromatic carbocycles. The number of hydrogen-bond acceptors (Lipinski definition) is 2. The van der Waals surface area contributed by atoms with Crippen molar-refractivity contribution >= 4 is 0 Å². The summed E-state index contributed by atoms with van der Waals surface area (Å²) < 4.78 is 0. The molecule has 1 aliphatic carbocycles. The summed E-state index contributed by atoms with van der Waals surface area (Å²) in [4.78, 5) is 2.38. The maximum atomic E-state index is 10.7. The predicted octanol–water partition coefficient (Wildman–Crippen LogP) is 3.29. The molecule has 1 saturated carbocycles. The van der Waals surface area contributed by atoms with Crippen molar-refractivity contribution in [2.24, 2.45) is 11.8 Å². The average molecular weight is 241 g/mol. The van der Waals surface area contributed by atoms with Gasteiger partial charge in [-0.25, -0.2) is 0 Å². The third kappa shape index (κ3) is 3.45. The summed E-state index contributed by atoms with van der Waals surface area (Å²) in [5, 5.41) is 10.7. The van der Waals surface area contributed by atoms with Gasteiger partial charge >= 0.3 is 0 Å². The molecule has 0 spiro atoms. The molecule has 1 fully saturated rings. The van der Waals surface area contributed by atoms with Gasteiger partial charge in [0.1, 0.15) is 0 Å². The maximum Gasteiger partial charge on any atom is 0.0746 e. The molecule has 1 atom stereocenters. The Balaban J connectivity index is 2.63. The van der Waals surface area contributed by atoms with E-state index in [4.69, 9.17) is 0 Å². The van der Waals surface area contributed by atoms with E-state index in [2.05, 4.69) is 39.5 Å². The van der Waals surface area contributed by atoms with Crippen LogP contribution in [0.1, 0.15) is 60.3 Å². The van der Waals surface area contributed by atoms with Gasteiger partial charge in [0.2, 0.25) is 0 Å². The highest BCUT2D eigenvalue weighted by Crippen LogP contribution is 2.35. The van der Waals surface area contributed by atoms with Crippen LogP contribution in [0.15, 0.2) is 0 Å². The first-order valence-corrected chi connectivity index (χ1v) is 7.36. The number of aliphatic hydroxyl groups is 1. The van der Waals surface area contributed by atoms with Gasteiger partial charge in [0.05, 0.1) is 6.10 Å². The minimum atomic E-state index is -0.185. The number of nitrogens with zero attached hydrogens (tertiary/aromatic N) is 1. The fourth-order valence-electron chi connectivity index (χ4n) is 3.40. The Hall–Kier alpha value is -0.0800. The van der Waals surface area contributed by atoms with Crippen LogP contribution in [0.3, 0.4) is 0 Å². The zero-order chi connectivity index (χ0) is 13.1. The van der Waals surface area contributed by atoms with Crippen LogP contribution in [0, 0.1) is 11.8 Å². The van der Waals surface area contributed by atoms with E-state index in [9.17, 15) is 5.11 Å². The van der Waals surface area contributed by atoms with Crippen LogP contribution in [-0.2, 0) is 0 Å². The Kier molecular flexibility index (Phi) is 5.46. The SMILES string of the molecule is CCN(CC)C(C)(C)C(O)C1CCC(C)CC1. The molecule has 102 valence electrons. The zero-order valence-corrected chi connectivity index (χ0v) is 12.4. The van der Waals surface area contributed by atoms with Gasteiger partial charge in [-0.3, -0.25) is 4.90 Å². The number of likely N-dealkylation sites (N-methyl/N-ethyl adjacent to an activating group) is 1. The van der Waals surface area contributed by atoms with E-state index < -0.39 is 0 Å². The van der Waals surface area contributed by atoms with Crippen LogP contribution >= 0.6 is 0 Å². The molecule has 1 unspecified atom stereocenters. The maximum absolute atomic E-state index is 10.7. The van der Waals surface area contributed by atoms with E-state index in [1.54, 1.807) is 0 Å². The molecule has 17 heavy (non-hydrogen) atoms. The van der Waals surface area contributed by atoms with Gasteiger partial charge in [0, 0.05) is 5.54 Å². The van der Waals surface area contributed by atoms with E-state index in [1.165, 1.54) is 25.7 Å². The van der Waals surface area contributed by atoms with Crippen molar-refractivity contribution in [3.8, 4) is 0 Å². The van der Waals surface area contributed by atoms with Gasteiger partial charge in [0.25, 0.3) is 0 Å². The lowest BCUT2D eigenvalue weighted by atomic mass is 9.75. The van der Waals surface area contributed by atoms with E-state index in [-0.39, 0.29) is 11.6 Å². The van der Waals surface area contributed by atoms with Crippen LogP contribution in [0.2, 0.25) is 0 Å². The topological polar surface area (TPSA) is 23.5 Å². The Bertz CT molecular complexity index is 215.